The van der Waals surface area contributed by atoms with Crippen LogP contribution in [-0.2, 0) is 17.6 Å². The molecule has 0 saturated heterocycles. The molecular formula is C18H17Cl2NO3. The van der Waals surface area contributed by atoms with Crippen LogP contribution in [0.2, 0.25) is 10.0 Å². The van der Waals surface area contributed by atoms with Gasteiger partial charge in [0.2, 0.25) is 12.7 Å². The van der Waals surface area contributed by atoms with E-state index in [1.807, 2.05) is 30.3 Å². The monoisotopic (exact) mass is 365 g/mol. The second kappa shape index (κ2) is 7.77. The predicted octanol–water partition coefficient (Wildman–Crippen LogP) is 4.01. The Bertz CT molecular complexity index is 749. The third-order valence-electron chi connectivity index (χ3n) is 3.83. The number of rotatable bonds is 6. The number of amides is 1. The van der Waals surface area contributed by atoms with Crippen molar-refractivity contribution < 1.29 is 14.3 Å². The molecule has 4 nitrogen and oxygen atoms in total. The smallest absolute Gasteiger partial charge is 0.231 e. The lowest BCUT2D eigenvalue weighted by Gasteiger charge is -2.08. The fourth-order valence-corrected chi connectivity index (χ4v) is 2.94. The zero-order chi connectivity index (χ0) is 16.9. The quantitative estimate of drug-likeness (QED) is 0.840. The summed E-state index contributed by atoms with van der Waals surface area (Å²) >= 11 is 12.1. The number of hydrogen-bond acceptors (Lipinski definition) is 3. The lowest BCUT2D eigenvalue weighted by atomic mass is 10.1. The van der Waals surface area contributed by atoms with Crippen molar-refractivity contribution in [1.29, 1.82) is 0 Å². The van der Waals surface area contributed by atoms with Crippen LogP contribution in [0.4, 0.5) is 0 Å². The molecule has 1 N–H and O–H groups in total. The molecule has 0 spiro atoms. The molecule has 0 aliphatic carbocycles. The Kier molecular flexibility index (Phi) is 5.48. The maximum atomic E-state index is 12.0. The van der Waals surface area contributed by atoms with Crippen LogP contribution in [0.5, 0.6) is 11.5 Å². The van der Waals surface area contributed by atoms with Crippen molar-refractivity contribution in [2.24, 2.45) is 0 Å². The SMILES string of the molecule is O=C(CCc1cccc(Cl)c1Cl)NCCc1ccc2c(c1)OCO2. The summed E-state index contributed by atoms with van der Waals surface area (Å²) in [6, 6.07) is 11.3. The Morgan fingerprint density at radius 3 is 2.79 bits per heavy atom. The van der Waals surface area contributed by atoms with Crippen molar-refractivity contribution >= 4 is 29.1 Å². The van der Waals surface area contributed by atoms with Gasteiger partial charge in [0.1, 0.15) is 0 Å². The summed E-state index contributed by atoms with van der Waals surface area (Å²) in [5, 5.41) is 3.95. The van der Waals surface area contributed by atoms with Gasteiger partial charge in [0.15, 0.2) is 11.5 Å². The summed E-state index contributed by atoms with van der Waals surface area (Å²) in [7, 11) is 0. The van der Waals surface area contributed by atoms with E-state index < -0.39 is 0 Å². The first kappa shape index (κ1) is 16.9. The van der Waals surface area contributed by atoms with E-state index in [0.717, 1.165) is 29.0 Å². The standard InChI is InChI=1S/C18H17Cl2NO3/c19-14-3-1-2-13(18(14)20)5-7-17(22)21-9-8-12-4-6-15-16(10-12)24-11-23-15/h1-4,6,10H,5,7-9,11H2,(H,21,22). The highest BCUT2D eigenvalue weighted by molar-refractivity contribution is 6.42. The van der Waals surface area contributed by atoms with Crippen molar-refractivity contribution in [3.05, 3.63) is 57.6 Å². The van der Waals surface area contributed by atoms with Crippen LogP contribution in [0.25, 0.3) is 0 Å². The van der Waals surface area contributed by atoms with Gasteiger partial charge in [-0.25, -0.2) is 0 Å². The molecule has 1 aliphatic heterocycles. The largest absolute Gasteiger partial charge is 0.454 e. The number of halogens is 2. The van der Waals surface area contributed by atoms with Crippen molar-refractivity contribution in [1.82, 2.24) is 5.32 Å². The number of benzene rings is 2. The number of nitrogens with one attached hydrogen (secondary N) is 1. The zero-order valence-electron chi connectivity index (χ0n) is 13.0. The van der Waals surface area contributed by atoms with Crippen LogP contribution >= 0.6 is 23.2 Å². The second-order valence-corrected chi connectivity index (χ2v) is 6.29. The summed E-state index contributed by atoms with van der Waals surface area (Å²) in [5.74, 6) is 1.52. The van der Waals surface area contributed by atoms with Gasteiger partial charge in [-0.15, -0.1) is 0 Å². The molecular weight excluding hydrogens is 349 g/mol. The molecule has 24 heavy (non-hydrogen) atoms. The Morgan fingerprint density at radius 2 is 1.92 bits per heavy atom. The molecule has 0 unspecified atom stereocenters. The summed E-state index contributed by atoms with van der Waals surface area (Å²) in [4.78, 5) is 12.0. The molecule has 0 bridgehead atoms. The maximum absolute atomic E-state index is 12.0. The first-order chi connectivity index (χ1) is 11.6. The minimum atomic E-state index is -0.00761. The van der Waals surface area contributed by atoms with Gasteiger partial charge in [0.25, 0.3) is 0 Å². The van der Waals surface area contributed by atoms with Gasteiger partial charge in [-0.3, -0.25) is 4.79 Å². The van der Waals surface area contributed by atoms with Crippen molar-refractivity contribution in [3.63, 3.8) is 0 Å². The Morgan fingerprint density at radius 1 is 1.08 bits per heavy atom. The van der Waals surface area contributed by atoms with E-state index >= 15 is 0 Å². The van der Waals surface area contributed by atoms with Gasteiger partial charge in [-0.05, 0) is 42.2 Å². The number of ether oxygens (including phenoxy) is 2. The topological polar surface area (TPSA) is 47.6 Å². The van der Waals surface area contributed by atoms with Crippen molar-refractivity contribution in [3.8, 4) is 11.5 Å². The van der Waals surface area contributed by atoms with E-state index in [0.29, 0.717) is 29.4 Å². The molecule has 1 amide bonds. The minimum Gasteiger partial charge on any atom is -0.454 e. The van der Waals surface area contributed by atoms with Gasteiger partial charge >= 0.3 is 0 Å². The van der Waals surface area contributed by atoms with Crippen LogP contribution in [-0.4, -0.2) is 19.2 Å². The lowest BCUT2D eigenvalue weighted by molar-refractivity contribution is -0.121. The number of fused-ring (bicyclic) bond motifs is 1. The second-order valence-electron chi connectivity index (χ2n) is 5.50. The highest BCUT2D eigenvalue weighted by atomic mass is 35.5. The number of hydrogen-bond donors (Lipinski definition) is 1. The van der Waals surface area contributed by atoms with Crippen LogP contribution in [0, 0.1) is 0 Å². The Labute approximate surface area is 150 Å². The van der Waals surface area contributed by atoms with Crippen LogP contribution in [0.15, 0.2) is 36.4 Å². The average molecular weight is 366 g/mol. The Balaban J connectivity index is 1.43. The van der Waals surface area contributed by atoms with E-state index in [-0.39, 0.29) is 12.7 Å². The van der Waals surface area contributed by atoms with Gasteiger partial charge in [0.05, 0.1) is 10.0 Å². The summed E-state index contributed by atoms with van der Waals surface area (Å²) in [6.45, 7) is 0.837. The fraction of sp³-hybridized carbons (Fsp3) is 0.278. The molecule has 0 atom stereocenters. The van der Waals surface area contributed by atoms with Gasteiger partial charge in [-0.2, -0.15) is 0 Å². The van der Waals surface area contributed by atoms with Crippen molar-refractivity contribution in [2.75, 3.05) is 13.3 Å². The van der Waals surface area contributed by atoms with Crippen LogP contribution < -0.4 is 14.8 Å². The third kappa shape index (κ3) is 4.13. The lowest BCUT2D eigenvalue weighted by Crippen LogP contribution is -2.25. The third-order valence-corrected chi connectivity index (χ3v) is 4.68. The van der Waals surface area contributed by atoms with E-state index in [1.54, 1.807) is 6.07 Å². The molecule has 0 radical (unpaired) electrons. The first-order valence-corrected chi connectivity index (χ1v) is 8.47. The van der Waals surface area contributed by atoms with E-state index in [9.17, 15) is 4.79 Å². The normalized spacial score (nSPS) is 12.2. The molecule has 126 valence electrons. The molecule has 0 saturated carbocycles. The molecule has 0 aromatic heterocycles. The number of carbonyl (C=O) groups is 1. The number of carbonyl (C=O) groups excluding carboxylic acids is 1. The average Bonchev–Trinajstić information content (AvgIpc) is 3.04. The molecule has 3 rings (SSSR count). The van der Waals surface area contributed by atoms with Gasteiger partial charge < -0.3 is 14.8 Å². The zero-order valence-corrected chi connectivity index (χ0v) is 14.5. The molecule has 1 aliphatic rings. The maximum Gasteiger partial charge on any atom is 0.231 e. The number of aryl methyl sites for hydroxylation is 1. The van der Waals surface area contributed by atoms with Crippen LogP contribution in [0.1, 0.15) is 17.5 Å². The van der Waals surface area contributed by atoms with E-state index in [1.165, 1.54) is 0 Å². The fourth-order valence-electron chi connectivity index (χ4n) is 2.52. The summed E-state index contributed by atoms with van der Waals surface area (Å²) in [5.41, 5.74) is 1.98. The molecule has 2 aromatic rings. The van der Waals surface area contributed by atoms with Gasteiger partial charge in [-0.1, -0.05) is 41.4 Å². The summed E-state index contributed by atoms with van der Waals surface area (Å²) in [6.07, 6.45) is 1.68. The molecule has 2 aromatic carbocycles. The van der Waals surface area contributed by atoms with Crippen LogP contribution in [0.3, 0.4) is 0 Å². The molecule has 6 heteroatoms. The molecule has 0 fully saturated rings. The highest BCUT2D eigenvalue weighted by Crippen LogP contribution is 2.32. The van der Waals surface area contributed by atoms with Gasteiger partial charge in [0, 0.05) is 13.0 Å². The highest BCUT2D eigenvalue weighted by Gasteiger charge is 2.13. The predicted molar refractivity (Wildman–Crippen MR) is 94.1 cm³/mol. The Hall–Kier alpha value is -1.91. The first-order valence-electron chi connectivity index (χ1n) is 7.71. The van der Waals surface area contributed by atoms with E-state index in [2.05, 4.69) is 5.32 Å². The van der Waals surface area contributed by atoms with E-state index in [4.69, 9.17) is 32.7 Å². The molecule has 1 heterocycles. The van der Waals surface area contributed by atoms with Crippen molar-refractivity contribution in [2.45, 2.75) is 19.3 Å². The minimum absolute atomic E-state index is 0.00761. The summed E-state index contributed by atoms with van der Waals surface area (Å²) < 4.78 is 10.6.